The van der Waals surface area contributed by atoms with Crippen LogP contribution in [0.25, 0.3) is 76.5 Å². The summed E-state index contributed by atoms with van der Waals surface area (Å²) in [5, 5.41) is 10.6. The van der Waals surface area contributed by atoms with Gasteiger partial charge in [-0.25, -0.2) is 0 Å². The van der Waals surface area contributed by atoms with Crippen LogP contribution in [0.3, 0.4) is 0 Å². The third-order valence-corrected chi connectivity index (χ3v) is 9.56. The molecule has 0 atom stereocenters. The fraction of sp³-hybridized carbons (Fsp3) is 0.0732. The fourth-order valence-corrected chi connectivity index (χ4v) is 7.52. The predicted molar refractivity (Wildman–Crippen MR) is 176 cm³/mol. The predicted octanol–water partition coefficient (Wildman–Crippen LogP) is 11.4. The SMILES string of the molecule is CC1(C)c2cc3ccccc3cc2-c2c(-c3ccccc3)cc(-c3ccc4ccc5cccc6ccc3c4c56)cc21. The Kier molecular flexibility index (Phi) is 4.49. The lowest BCUT2D eigenvalue weighted by molar-refractivity contribution is 0.661. The van der Waals surface area contributed by atoms with Crippen LogP contribution >= 0.6 is 0 Å². The van der Waals surface area contributed by atoms with E-state index in [2.05, 4.69) is 147 Å². The number of hydrogen-bond donors (Lipinski definition) is 0. The molecule has 0 saturated heterocycles. The molecule has 0 heterocycles. The second-order valence-corrected chi connectivity index (χ2v) is 12.2. The molecular formula is C41H28. The first kappa shape index (κ1) is 22.8. The van der Waals surface area contributed by atoms with Crippen molar-refractivity contribution in [1.82, 2.24) is 0 Å². The van der Waals surface area contributed by atoms with Crippen LogP contribution in [0.15, 0.2) is 133 Å². The average Bonchev–Trinajstić information content (AvgIpc) is 3.24. The molecule has 0 radical (unpaired) electrons. The smallest absolute Gasteiger partial charge is 0.0159 e. The first-order valence-corrected chi connectivity index (χ1v) is 14.5. The molecule has 0 bridgehead atoms. The summed E-state index contributed by atoms with van der Waals surface area (Å²) in [5.74, 6) is 0. The molecule has 9 rings (SSSR count). The molecule has 1 aliphatic rings. The molecule has 0 aliphatic heterocycles. The van der Waals surface area contributed by atoms with E-state index in [1.807, 2.05) is 0 Å². The van der Waals surface area contributed by atoms with Crippen LogP contribution < -0.4 is 0 Å². The lowest BCUT2D eigenvalue weighted by atomic mass is 9.79. The van der Waals surface area contributed by atoms with Gasteiger partial charge >= 0.3 is 0 Å². The Morgan fingerprint density at radius 3 is 1.80 bits per heavy atom. The molecule has 0 aromatic heterocycles. The van der Waals surface area contributed by atoms with Crippen LogP contribution in [0, 0.1) is 0 Å². The third kappa shape index (κ3) is 3.11. The van der Waals surface area contributed by atoms with Crippen LogP contribution in [0.5, 0.6) is 0 Å². The van der Waals surface area contributed by atoms with Gasteiger partial charge in [-0.05, 0) is 112 Å². The molecule has 0 saturated carbocycles. The van der Waals surface area contributed by atoms with Crippen LogP contribution in [0.1, 0.15) is 25.0 Å². The Morgan fingerprint density at radius 1 is 0.390 bits per heavy atom. The van der Waals surface area contributed by atoms with Crippen molar-refractivity contribution in [2.75, 3.05) is 0 Å². The molecule has 1 aliphatic carbocycles. The normalized spacial score (nSPS) is 13.8. The van der Waals surface area contributed by atoms with E-state index in [1.54, 1.807) is 0 Å². The summed E-state index contributed by atoms with van der Waals surface area (Å²) in [7, 11) is 0. The van der Waals surface area contributed by atoms with Crippen molar-refractivity contribution in [2.24, 2.45) is 0 Å². The van der Waals surface area contributed by atoms with E-state index in [1.165, 1.54) is 87.6 Å². The summed E-state index contributed by atoms with van der Waals surface area (Å²) < 4.78 is 0. The van der Waals surface area contributed by atoms with Gasteiger partial charge < -0.3 is 0 Å². The Labute approximate surface area is 239 Å². The molecule has 0 amide bonds. The molecule has 0 nitrogen and oxygen atoms in total. The molecule has 192 valence electrons. The number of hydrogen-bond acceptors (Lipinski definition) is 0. The molecule has 0 heteroatoms. The Morgan fingerprint density at radius 2 is 1.02 bits per heavy atom. The van der Waals surface area contributed by atoms with E-state index in [-0.39, 0.29) is 5.41 Å². The first-order chi connectivity index (χ1) is 20.1. The maximum absolute atomic E-state index is 2.48. The maximum Gasteiger partial charge on any atom is 0.0159 e. The highest BCUT2D eigenvalue weighted by atomic mass is 14.4. The van der Waals surface area contributed by atoms with E-state index in [4.69, 9.17) is 0 Å². The van der Waals surface area contributed by atoms with Gasteiger partial charge in [-0.2, -0.15) is 0 Å². The Balaban J connectivity index is 1.39. The number of benzene rings is 8. The van der Waals surface area contributed by atoms with Crippen molar-refractivity contribution in [3.8, 4) is 33.4 Å². The zero-order chi connectivity index (χ0) is 27.3. The quantitative estimate of drug-likeness (QED) is 0.199. The topological polar surface area (TPSA) is 0 Å². The van der Waals surface area contributed by atoms with Gasteiger partial charge in [0.15, 0.2) is 0 Å². The lowest BCUT2D eigenvalue weighted by Gasteiger charge is -2.23. The van der Waals surface area contributed by atoms with Gasteiger partial charge in [0.1, 0.15) is 0 Å². The molecule has 0 N–H and O–H groups in total. The molecule has 41 heavy (non-hydrogen) atoms. The van der Waals surface area contributed by atoms with Crippen molar-refractivity contribution in [2.45, 2.75) is 19.3 Å². The van der Waals surface area contributed by atoms with Crippen molar-refractivity contribution in [1.29, 1.82) is 0 Å². The molecule has 0 fully saturated rings. The summed E-state index contributed by atoms with van der Waals surface area (Å²) in [6, 6.07) is 49.9. The van der Waals surface area contributed by atoms with Crippen molar-refractivity contribution >= 4 is 43.1 Å². The monoisotopic (exact) mass is 520 g/mol. The van der Waals surface area contributed by atoms with Gasteiger partial charge in [0.2, 0.25) is 0 Å². The zero-order valence-electron chi connectivity index (χ0n) is 23.2. The van der Waals surface area contributed by atoms with Gasteiger partial charge in [0, 0.05) is 5.41 Å². The average molecular weight is 521 g/mol. The lowest BCUT2D eigenvalue weighted by Crippen LogP contribution is -2.15. The van der Waals surface area contributed by atoms with Gasteiger partial charge in [0.25, 0.3) is 0 Å². The number of rotatable bonds is 2. The highest BCUT2D eigenvalue weighted by Crippen LogP contribution is 2.55. The second kappa shape index (κ2) is 8.05. The van der Waals surface area contributed by atoms with E-state index in [9.17, 15) is 0 Å². The summed E-state index contributed by atoms with van der Waals surface area (Å²) >= 11 is 0. The summed E-state index contributed by atoms with van der Waals surface area (Å²) in [5.41, 5.74) is 10.6. The number of fused-ring (bicyclic) bond motifs is 4. The highest BCUT2D eigenvalue weighted by Gasteiger charge is 2.38. The Bertz CT molecular complexity index is 2300. The minimum absolute atomic E-state index is 0.113. The van der Waals surface area contributed by atoms with E-state index in [0.29, 0.717) is 0 Å². The summed E-state index contributed by atoms with van der Waals surface area (Å²) in [4.78, 5) is 0. The molecule has 8 aromatic carbocycles. The second-order valence-electron chi connectivity index (χ2n) is 12.2. The molecule has 0 unspecified atom stereocenters. The summed E-state index contributed by atoms with van der Waals surface area (Å²) in [6.07, 6.45) is 0. The maximum atomic E-state index is 2.48. The fourth-order valence-electron chi connectivity index (χ4n) is 7.52. The first-order valence-electron chi connectivity index (χ1n) is 14.5. The van der Waals surface area contributed by atoms with E-state index < -0.39 is 0 Å². The highest BCUT2D eigenvalue weighted by molar-refractivity contribution is 6.25. The van der Waals surface area contributed by atoms with Crippen molar-refractivity contribution in [3.05, 3.63) is 145 Å². The zero-order valence-corrected chi connectivity index (χ0v) is 23.2. The van der Waals surface area contributed by atoms with Crippen LogP contribution in [0.2, 0.25) is 0 Å². The van der Waals surface area contributed by atoms with E-state index >= 15 is 0 Å². The van der Waals surface area contributed by atoms with Crippen LogP contribution in [-0.4, -0.2) is 0 Å². The van der Waals surface area contributed by atoms with Gasteiger partial charge in [-0.1, -0.05) is 123 Å². The van der Waals surface area contributed by atoms with Crippen molar-refractivity contribution < 1.29 is 0 Å². The third-order valence-electron chi connectivity index (χ3n) is 9.56. The minimum atomic E-state index is -0.113. The van der Waals surface area contributed by atoms with Crippen LogP contribution in [0.4, 0.5) is 0 Å². The van der Waals surface area contributed by atoms with Crippen molar-refractivity contribution in [3.63, 3.8) is 0 Å². The minimum Gasteiger partial charge on any atom is -0.0622 e. The van der Waals surface area contributed by atoms with Gasteiger partial charge in [-0.3, -0.25) is 0 Å². The van der Waals surface area contributed by atoms with Gasteiger partial charge in [0.05, 0.1) is 0 Å². The largest absolute Gasteiger partial charge is 0.0622 e. The summed E-state index contributed by atoms with van der Waals surface area (Å²) in [6.45, 7) is 4.80. The Hall–Kier alpha value is -4.94. The molecule has 0 spiro atoms. The standard InChI is InChI=1S/C41H28/c1-41(2)36-23-30-12-7-6-11-29(30)21-35(36)40-34(25-9-4-3-5-10-25)22-31(24-37(40)41)32-19-17-28-16-15-26-13-8-14-27-18-20-33(32)39(28)38(26)27/h3-24H,1-2H3. The molecule has 8 aromatic rings. The van der Waals surface area contributed by atoms with Gasteiger partial charge in [-0.15, -0.1) is 0 Å². The van der Waals surface area contributed by atoms with Crippen LogP contribution in [-0.2, 0) is 5.41 Å². The van der Waals surface area contributed by atoms with E-state index in [0.717, 1.165) is 0 Å². The molecular weight excluding hydrogens is 492 g/mol.